The fourth-order valence-corrected chi connectivity index (χ4v) is 5.25. The maximum atomic E-state index is 13.3. The first-order valence-corrected chi connectivity index (χ1v) is 17.4. The Morgan fingerprint density at radius 3 is 1.41 bits per heavy atom. The third kappa shape index (κ3) is 24.6. The standard InChI is InChI=1S/C34H65NO9/c1-3-4-5-6-7-9-12-15-18-21-34(33(39)40,22-19-16-13-10-8-11-14-17-20-31(36)37)32(38)35-23-24-42-27-28-44-30-29-43-26-25-41-2/h3-30H2,1-2H3,(H,35,38)(H,36,37)(H,39,40). The molecule has 10 heteroatoms. The summed E-state index contributed by atoms with van der Waals surface area (Å²) in [6, 6.07) is 0. The zero-order valence-corrected chi connectivity index (χ0v) is 28.1. The molecule has 0 aromatic carbocycles. The van der Waals surface area contributed by atoms with Crippen molar-refractivity contribution in [1.29, 1.82) is 0 Å². The lowest BCUT2D eigenvalue weighted by Crippen LogP contribution is -2.47. The van der Waals surface area contributed by atoms with Crippen LogP contribution in [-0.2, 0) is 33.3 Å². The molecule has 0 heterocycles. The topological polar surface area (TPSA) is 141 Å². The van der Waals surface area contributed by atoms with Crippen LogP contribution in [-0.4, -0.2) is 88.0 Å². The lowest BCUT2D eigenvalue weighted by atomic mass is 9.76. The predicted molar refractivity (Wildman–Crippen MR) is 173 cm³/mol. The highest BCUT2D eigenvalue weighted by Gasteiger charge is 2.44. The summed E-state index contributed by atoms with van der Waals surface area (Å²) in [5.41, 5.74) is -1.41. The van der Waals surface area contributed by atoms with Crippen molar-refractivity contribution in [2.24, 2.45) is 5.41 Å². The number of carboxylic acids is 2. The Morgan fingerprint density at radius 2 is 0.977 bits per heavy atom. The number of aliphatic carboxylic acids is 2. The van der Waals surface area contributed by atoms with E-state index < -0.39 is 23.3 Å². The fraction of sp³-hybridized carbons (Fsp3) is 0.912. The van der Waals surface area contributed by atoms with E-state index in [1.165, 1.54) is 32.1 Å². The van der Waals surface area contributed by atoms with Gasteiger partial charge in [0, 0.05) is 20.1 Å². The molecule has 0 aliphatic heterocycles. The third-order valence-electron chi connectivity index (χ3n) is 8.00. The molecule has 0 fully saturated rings. The second-order valence-corrected chi connectivity index (χ2v) is 11.8. The van der Waals surface area contributed by atoms with Gasteiger partial charge >= 0.3 is 11.9 Å². The molecule has 0 aromatic rings. The van der Waals surface area contributed by atoms with Gasteiger partial charge in [0.25, 0.3) is 0 Å². The number of carbonyl (C=O) groups excluding carboxylic acids is 1. The van der Waals surface area contributed by atoms with Gasteiger partial charge in [-0.05, 0) is 19.3 Å². The number of unbranched alkanes of at least 4 members (excludes halogenated alkanes) is 15. The largest absolute Gasteiger partial charge is 0.481 e. The Balaban J connectivity index is 4.55. The number of carbonyl (C=O) groups is 3. The first-order chi connectivity index (χ1) is 21.4. The van der Waals surface area contributed by atoms with Crippen LogP contribution in [0.1, 0.15) is 135 Å². The molecule has 0 radical (unpaired) electrons. The van der Waals surface area contributed by atoms with Gasteiger partial charge in [0.05, 0.1) is 46.2 Å². The highest BCUT2D eigenvalue weighted by atomic mass is 16.6. The zero-order chi connectivity index (χ0) is 32.6. The van der Waals surface area contributed by atoms with E-state index in [1.54, 1.807) is 7.11 Å². The maximum absolute atomic E-state index is 13.3. The summed E-state index contributed by atoms with van der Waals surface area (Å²) < 4.78 is 21.3. The minimum atomic E-state index is -1.41. The molecule has 0 spiro atoms. The van der Waals surface area contributed by atoms with E-state index in [0.29, 0.717) is 71.9 Å². The summed E-state index contributed by atoms with van der Waals surface area (Å²) in [5.74, 6) is -2.18. The van der Waals surface area contributed by atoms with Gasteiger partial charge in [0.2, 0.25) is 5.91 Å². The molecule has 44 heavy (non-hydrogen) atoms. The Morgan fingerprint density at radius 1 is 0.568 bits per heavy atom. The van der Waals surface area contributed by atoms with Crippen LogP contribution >= 0.6 is 0 Å². The van der Waals surface area contributed by atoms with E-state index in [1.807, 2.05) is 0 Å². The van der Waals surface area contributed by atoms with Crippen molar-refractivity contribution in [2.45, 2.75) is 135 Å². The normalized spacial score (nSPS) is 12.7. The maximum Gasteiger partial charge on any atom is 0.319 e. The van der Waals surface area contributed by atoms with E-state index in [-0.39, 0.29) is 13.0 Å². The van der Waals surface area contributed by atoms with E-state index in [4.69, 9.17) is 24.1 Å². The van der Waals surface area contributed by atoms with Crippen molar-refractivity contribution in [3.8, 4) is 0 Å². The lowest BCUT2D eigenvalue weighted by Gasteiger charge is -2.28. The molecule has 260 valence electrons. The van der Waals surface area contributed by atoms with Gasteiger partial charge in [-0.2, -0.15) is 0 Å². The number of nitrogens with one attached hydrogen (secondary N) is 1. The Hall–Kier alpha value is -1.75. The van der Waals surface area contributed by atoms with Gasteiger partial charge in [0.1, 0.15) is 5.41 Å². The van der Waals surface area contributed by atoms with Crippen LogP contribution in [0.15, 0.2) is 0 Å². The van der Waals surface area contributed by atoms with E-state index in [2.05, 4.69) is 12.2 Å². The highest BCUT2D eigenvalue weighted by Crippen LogP contribution is 2.33. The van der Waals surface area contributed by atoms with Gasteiger partial charge in [-0.3, -0.25) is 14.4 Å². The molecule has 0 aromatic heterocycles. The van der Waals surface area contributed by atoms with Crippen LogP contribution in [0.3, 0.4) is 0 Å². The van der Waals surface area contributed by atoms with Crippen LogP contribution < -0.4 is 5.32 Å². The smallest absolute Gasteiger partial charge is 0.319 e. The molecule has 0 rings (SSSR count). The van der Waals surface area contributed by atoms with Gasteiger partial charge in [-0.25, -0.2) is 0 Å². The third-order valence-corrected chi connectivity index (χ3v) is 8.00. The summed E-state index contributed by atoms with van der Waals surface area (Å²) >= 11 is 0. The van der Waals surface area contributed by atoms with Crippen molar-refractivity contribution in [1.82, 2.24) is 5.32 Å². The molecule has 1 unspecified atom stereocenters. The second-order valence-electron chi connectivity index (χ2n) is 11.8. The minimum absolute atomic E-state index is 0.227. The molecule has 0 bridgehead atoms. The molecule has 0 aliphatic carbocycles. The van der Waals surface area contributed by atoms with Crippen molar-refractivity contribution in [2.75, 3.05) is 59.9 Å². The van der Waals surface area contributed by atoms with Crippen LogP contribution in [0.25, 0.3) is 0 Å². The van der Waals surface area contributed by atoms with Crippen LogP contribution in [0.4, 0.5) is 0 Å². The number of ether oxygens (including phenoxy) is 4. The number of amides is 1. The molecule has 3 N–H and O–H groups in total. The van der Waals surface area contributed by atoms with Crippen LogP contribution in [0.2, 0.25) is 0 Å². The van der Waals surface area contributed by atoms with E-state index >= 15 is 0 Å². The Labute approximate surface area is 267 Å². The zero-order valence-electron chi connectivity index (χ0n) is 28.1. The quantitative estimate of drug-likeness (QED) is 0.0510. The highest BCUT2D eigenvalue weighted by molar-refractivity contribution is 6.01. The molecule has 0 aliphatic rings. The molecule has 1 atom stereocenters. The average Bonchev–Trinajstić information content (AvgIpc) is 3.00. The van der Waals surface area contributed by atoms with Crippen molar-refractivity contribution >= 4 is 17.8 Å². The number of methoxy groups -OCH3 is 1. The Kier molecular flexibility index (Phi) is 30.0. The van der Waals surface area contributed by atoms with Gasteiger partial charge in [-0.1, -0.05) is 110 Å². The molecule has 1 amide bonds. The summed E-state index contributed by atoms with van der Waals surface area (Å²) in [5, 5.41) is 21.9. The van der Waals surface area contributed by atoms with Crippen molar-refractivity contribution in [3.63, 3.8) is 0 Å². The Bertz CT molecular complexity index is 692. The van der Waals surface area contributed by atoms with Gasteiger partial charge < -0.3 is 34.5 Å². The second kappa shape index (κ2) is 31.2. The van der Waals surface area contributed by atoms with Crippen LogP contribution in [0, 0.1) is 5.41 Å². The monoisotopic (exact) mass is 631 g/mol. The van der Waals surface area contributed by atoms with Crippen molar-refractivity contribution < 1.29 is 43.5 Å². The first kappa shape index (κ1) is 42.2. The lowest BCUT2D eigenvalue weighted by molar-refractivity contribution is -0.157. The molecule has 10 nitrogen and oxygen atoms in total. The van der Waals surface area contributed by atoms with Crippen LogP contribution in [0.5, 0.6) is 0 Å². The molecule has 0 saturated heterocycles. The summed E-state index contributed by atoms with van der Waals surface area (Å²) in [7, 11) is 1.63. The number of rotatable bonds is 35. The van der Waals surface area contributed by atoms with Gasteiger partial charge in [0.15, 0.2) is 0 Å². The summed E-state index contributed by atoms with van der Waals surface area (Å²) in [4.78, 5) is 36.5. The number of carboxylic acid groups (broad SMARTS) is 2. The number of hydrogen-bond acceptors (Lipinski definition) is 7. The SMILES string of the molecule is CCCCCCCCCCCC(CCCCCCCCCCC(=O)O)(C(=O)O)C(=O)NCCOCCOCCOCCOC. The predicted octanol–water partition coefficient (Wildman–Crippen LogP) is 6.78. The van der Waals surface area contributed by atoms with E-state index in [9.17, 15) is 19.5 Å². The molecular formula is C34H65NO9. The fourth-order valence-electron chi connectivity index (χ4n) is 5.25. The average molecular weight is 632 g/mol. The summed E-state index contributed by atoms with van der Waals surface area (Å²) in [6.07, 6.45) is 18.4. The van der Waals surface area contributed by atoms with Gasteiger partial charge in [-0.15, -0.1) is 0 Å². The number of hydrogen-bond donors (Lipinski definition) is 3. The van der Waals surface area contributed by atoms with E-state index in [0.717, 1.165) is 64.2 Å². The summed E-state index contributed by atoms with van der Waals surface area (Å²) in [6.45, 7) is 5.61. The molecular weight excluding hydrogens is 566 g/mol. The first-order valence-electron chi connectivity index (χ1n) is 17.4. The minimum Gasteiger partial charge on any atom is -0.481 e. The molecule has 0 saturated carbocycles. The van der Waals surface area contributed by atoms with Crippen molar-refractivity contribution in [3.05, 3.63) is 0 Å².